The van der Waals surface area contributed by atoms with E-state index in [1.54, 1.807) is 0 Å². The average Bonchev–Trinajstić information content (AvgIpc) is 3.16. The fourth-order valence-electron chi connectivity index (χ4n) is 3.75. The molecule has 6 nitrogen and oxygen atoms in total. The van der Waals surface area contributed by atoms with Crippen LogP contribution in [0, 0.1) is 13.8 Å². The fourth-order valence-corrected chi connectivity index (χ4v) is 3.75. The summed E-state index contributed by atoms with van der Waals surface area (Å²) in [6.07, 6.45) is 0. The van der Waals surface area contributed by atoms with E-state index in [2.05, 4.69) is 67.4 Å². The number of rotatable bonds is 6. The molecule has 0 radical (unpaired) electrons. The Hall–Kier alpha value is -2.70. The molecule has 27 heavy (non-hydrogen) atoms. The Kier molecular flexibility index (Phi) is 4.68. The Bertz CT molecular complexity index is 1090. The number of aryl methyl sites for hydroxylation is 2. The van der Waals surface area contributed by atoms with Crippen molar-refractivity contribution >= 4 is 16.7 Å². The number of fused-ring (bicyclic) bond motifs is 3. The van der Waals surface area contributed by atoms with Gasteiger partial charge in [0.1, 0.15) is 5.82 Å². The van der Waals surface area contributed by atoms with E-state index in [-0.39, 0.29) is 6.61 Å². The van der Waals surface area contributed by atoms with Gasteiger partial charge in [-0.2, -0.15) is 0 Å². The minimum Gasteiger partial charge on any atom is -0.395 e. The summed E-state index contributed by atoms with van der Waals surface area (Å²) in [5, 5.41) is 17.5. The maximum absolute atomic E-state index is 9.09. The van der Waals surface area contributed by atoms with Gasteiger partial charge in [-0.1, -0.05) is 24.3 Å². The van der Waals surface area contributed by atoms with Crippen LogP contribution in [0.1, 0.15) is 22.6 Å². The van der Waals surface area contributed by atoms with Crippen molar-refractivity contribution in [2.45, 2.75) is 26.9 Å². The lowest BCUT2D eigenvalue weighted by molar-refractivity contribution is 0.217. The number of likely N-dealkylation sites (N-methyl/N-ethyl adjacent to an activating group) is 1. The average molecular weight is 363 g/mol. The van der Waals surface area contributed by atoms with E-state index in [0.717, 1.165) is 30.1 Å². The van der Waals surface area contributed by atoms with Crippen molar-refractivity contribution in [1.29, 1.82) is 0 Å². The van der Waals surface area contributed by atoms with Crippen molar-refractivity contribution in [2.24, 2.45) is 0 Å². The molecule has 4 rings (SSSR count). The minimum atomic E-state index is 0.182. The lowest BCUT2D eigenvalue weighted by Crippen LogP contribution is -2.21. The Morgan fingerprint density at radius 1 is 1.00 bits per heavy atom. The molecule has 0 aliphatic heterocycles. The Morgan fingerprint density at radius 2 is 1.81 bits per heavy atom. The summed E-state index contributed by atoms with van der Waals surface area (Å²) < 4.78 is 4.45. The summed E-state index contributed by atoms with van der Waals surface area (Å²) in [7, 11) is 2.03. The topological polar surface area (TPSA) is 58.6 Å². The molecule has 0 saturated heterocycles. The van der Waals surface area contributed by atoms with Gasteiger partial charge in [0.2, 0.25) is 0 Å². The fraction of sp³-hybridized carbons (Fsp3) is 0.333. The number of pyridine rings is 1. The second kappa shape index (κ2) is 7.13. The molecular formula is C21H25N5O. The maximum atomic E-state index is 9.09. The van der Waals surface area contributed by atoms with Gasteiger partial charge in [0, 0.05) is 25.3 Å². The zero-order valence-electron chi connectivity index (χ0n) is 16.1. The van der Waals surface area contributed by atoms with Gasteiger partial charge in [-0.15, -0.1) is 10.2 Å². The lowest BCUT2D eigenvalue weighted by atomic mass is 10.1. The van der Waals surface area contributed by atoms with Gasteiger partial charge in [0.15, 0.2) is 5.65 Å². The third kappa shape index (κ3) is 3.34. The molecule has 0 spiro atoms. The van der Waals surface area contributed by atoms with Crippen LogP contribution < -0.4 is 0 Å². The van der Waals surface area contributed by atoms with Crippen LogP contribution in [-0.4, -0.2) is 49.4 Å². The first-order valence-electron chi connectivity index (χ1n) is 9.24. The second-order valence-corrected chi connectivity index (χ2v) is 7.20. The molecule has 1 aromatic carbocycles. The molecule has 0 fully saturated rings. The maximum Gasteiger partial charge on any atom is 0.161 e. The van der Waals surface area contributed by atoms with Gasteiger partial charge < -0.3 is 9.67 Å². The lowest BCUT2D eigenvalue weighted by Gasteiger charge is -2.16. The van der Waals surface area contributed by atoms with Crippen molar-refractivity contribution in [1.82, 2.24) is 24.1 Å². The van der Waals surface area contributed by atoms with E-state index in [4.69, 9.17) is 5.11 Å². The molecule has 3 aromatic heterocycles. The number of nitrogens with zero attached hydrogens (tertiary/aromatic N) is 5. The van der Waals surface area contributed by atoms with Gasteiger partial charge in [-0.25, -0.2) is 0 Å². The molecule has 3 heterocycles. The normalized spacial score (nSPS) is 11.9. The van der Waals surface area contributed by atoms with Crippen molar-refractivity contribution in [3.63, 3.8) is 0 Å². The van der Waals surface area contributed by atoms with E-state index in [1.807, 2.05) is 20.0 Å². The van der Waals surface area contributed by atoms with E-state index in [1.165, 1.54) is 22.3 Å². The van der Waals surface area contributed by atoms with Crippen molar-refractivity contribution in [3.8, 4) is 0 Å². The van der Waals surface area contributed by atoms with Gasteiger partial charge in [-0.05, 0) is 50.2 Å². The molecule has 1 N–H and O–H groups in total. The first-order chi connectivity index (χ1) is 13.1. The number of hydrogen-bond donors (Lipinski definition) is 1. The van der Waals surface area contributed by atoms with Crippen molar-refractivity contribution in [3.05, 3.63) is 65.1 Å². The van der Waals surface area contributed by atoms with Crippen LogP contribution in [0.4, 0.5) is 0 Å². The highest BCUT2D eigenvalue weighted by Gasteiger charge is 2.12. The predicted molar refractivity (Wildman–Crippen MR) is 107 cm³/mol. The van der Waals surface area contributed by atoms with Crippen LogP contribution in [-0.2, 0) is 13.1 Å². The molecule has 0 aliphatic carbocycles. The van der Waals surface area contributed by atoms with Crippen LogP contribution in [0.15, 0.2) is 42.5 Å². The Labute approximate surface area is 158 Å². The molecule has 6 heteroatoms. The predicted octanol–water partition coefficient (Wildman–Crippen LogP) is 2.77. The smallest absolute Gasteiger partial charge is 0.161 e. The summed E-state index contributed by atoms with van der Waals surface area (Å²) in [6.45, 7) is 6.64. The molecule has 140 valence electrons. The third-order valence-corrected chi connectivity index (χ3v) is 5.07. The number of aliphatic hydroxyl groups excluding tert-OH is 1. The monoisotopic (exact) mass is 363 g/mol. The first-order valence-corrected chi connectivity index (χ1v) is 9.24. The standard InChI is InChI=1S/C21H25N5O/c1-15-11-20-19(7-8-21-23-22-16(2)26(20)21)25(15)14-18-6-4-5-17(12-18)13-24(3)9-10-27/h4-8,11-12,27H,9-10,13-14H2,1-3H3. The van der Waals surface area contributed by atoms with Crippen LogP contribution >= 0.6 is 0 Å². The van der Waals surface area contributed by atoms with Crippen molar-refractivity contribution < 1.29 is 5.11 Å². The molecular weight excluding hydrogens is 338 g/mol. The zero-order valence-corrected chi connectivity index (χ0v) is 16.1. The Balaban J connectivity index is 1.69. The summed E-state index contributed by atoms with van der Waals surface area (Å²) in [5.74, 6) is 0.904. The summed E-state index contributed by atoms with van der Waals surface area (Å²) >= 11 is 0. The summed E-state index contributed by atoms with van der Waals surface area (Å²) in [6, 6.07) is 15.0. The molecule has 0 unspecified atom stereocenters. The largest absolute Gasteiger partial charge is 0.395 e. The number of aliphatic hydroxyl groups is 1. The van der Waals surface area contributed by atoms with Crippen LogP contribution in [0.5, 0.6) is 0 Å². The highest BCUT2D eigenvalue weighted by Crippen LogP contribution is 2.23. The third-order valence-electron chi connectivity index (χ3n) is 5.07. The number of hydrogen-bond acceptors (Lipinski definition) is 4. The second-order valence-electron chi connectivity index (χ2n) is 7.20. The van der Waals surface area contributed by atoms with E-state index < -0.39 is 0 Å². The minimum absolute atomic E-state index is 0.182. The molecule has 0 bridgehead atoms. The van der Waals surface area contributed by atoms with E-state index >= 15 is 0 Å². The summed E-state index contributed by atoms with van der Waals surface area (Å²) in [4.78, 5) is 2.13. The van der Waals surface area contributed by atoms with Crippen LogP contribution in [0.25, 0.3) is 16.7 Å². The zero-order chi connectivity index (χ0) is 19.0. The van der Waals surface area contributed by atoms with Crippen LogP contribution in [0.3, 0.4) is 0 Å². The molecule has 0 saturated carbocycles. The molecule has 0 amide bonds. The number of aromatic nitrogens is 4. The van der Waals surface area contributed by atoms with Gasteiger partial charge in [-0.3, -0.25) is 9.30 Å². The van der Waals surface area contributed by atoms with Gasteiger partial charge >= 0.3 is 0 Å². The van der Waals surface area contributed by atoms with E-state index in [0.29, 0.717) is 6.54 Å². The SMILES string of the molecule is Cc1cc2c(ccc3nnc(C)n32)n1Cc1cccc(CN(C)CCO)c1. The van der Waals surface area contributed by atoms with Crippen molar-refractivity contribution in [2.75, 3.05) is 20.2 Å². The van der Waals surface area contributed by atoms with Gasteiger partial charge in [0.05, 0.1) is 17.6 Å². The highest BCUT2D eigenvalue weighted by atomic mass is 16.3. The van der Waals surface area contributed by atoms with Gasteiger partial charge in [0.25, 0.3) is 0 Å². The van der Waals surface area contributed by atoms with Crippen LogP contribution in [0.2, 0.25) is 0 Å². The quantitative estimate of drug-likeness (QED) is 0.572. The summed E-state index contributed by atoms with van der Waals surface area (Å²) in [5.41, 5.74) is 6.96. The molecule has 0 aliphatic rings. The molecule has 0 atom stereocenters. The van der Waals surface area contributed by atoms with E-state index in [9.17, 15) is 0 Å². The Morgan fingerprint density at radius 3 is 2.63 bits per heavy atom. The first kappa shape index (κ1) is 17.7. The number of benzene rings is 1. The molecule has 4 aromatic rings. The highest BCUT2D eigenvalue weighted by molar-refractivity contribution is 5.81.